The van der Waals surface area contributed by atoms with E-state index >= 15 is 0 Å². The zero-order valence-electron chi connectivity index (χ0n) is 27.5. The van der Waals surface area contributed by atoms with Gasteiger partial charge < -0.3 is 24.8 Å². The predicted octanol–water partition coefficient (Wildman–Crippen LogP) is 4.29. The first-order chi connectivity index (χ1) is 24.3. The first kappa shape index (κ1) is 33.9. The van der Waals surface area contributed by atoms with Crippen LogP contribution in [-0.4, -0.2) is 86.5 Å². The Bertz CT molecular complexity index is 2310. The van der Waals surface area contributed by atoms with Crippen molar-refractivity contribution < 1.29 is 40.4 Å². The molecule has 0 bridgehead atoms. The van der Waals surface area contributed by atoms with Crippen molar-refractivity contribution in [1.29, 1.82) is 0 Å². The smallest absolute Gasteiger partial charge is 0.405 e. The fraction of sp³-hybridized carbons (Fsp3) is 0.344. The maximum Gasteiger partial charge on any atom is 0.405 e. The quantitative estimate of drug-likeness (QED) is 0.237. The molecule has 0 unspecified atom stereocenters. The highest BCUT2D eigenvalue weighted by Gasteiger charge is 2.40. The molecule has 2 aliphatic heterocycles. The number of amides is 3. The van der Waals surface area contributed by atoms with Gasteiger partial charge in [-0.15, -0.1) is 0 Å². The lowest BCUT2D eigenvalue weighted by Crippen LogP contribution is -2.42. The highest BCUT2D eigenvalue weighted by atomic mass is 32.2. The number of ether oxygens (including phenoxy) is 1. The molecule has 7 rings (SSSR count). The number of halogens is 3. The van der Waals surface area contributed by atoms with E-state index in [1.807, 2.05) is 16.6 Å². The molecule has 0 saturated carbocycles. The predicted molar refractivity (Wildman–Crippen MR) is 175 cm³/mol. The summed E-state index contributed by atoms with van der Waals surface area (Å²) in [5.41, 5.74) is 2.35. The number of carbonyl (C=O) groups is 2. The van der Waals surface area contributed by atoms with Crippen LogP contribution in [0.2, 0.25) is 0 Å². The number of nitrogens with zero attached hydrogens (tertiary/aromatic N) is 7. The van der Waals surface area contributed by atoms with Crippen LogP contribution in [0.15, 0.2) is 70.1 Å². The van der Waals surface area contributed by atoms with Gasteiger partial charge in [0.25, 0.3) is 15.9 Å². The van der Waals surface area contributed by atoms with Gasteiger partial charge in [-0.05, 0) is 31.0 Å². The highest BCUT2D eigenvalue weighted by Crippen LogP contribution is 2.38. The maximum atomic E-state index is 13.6. The lowest BCUT2D eigenvalue weighted by Gasteiger charge is -2.30. The molecule has 2 aliphatic rings. The van der Waals surface area contributed by atoms with Gasteiger partial charge >= 0.3 is 12.2 Å². The third-order valence-corrected chi connectivity index (χ3v) is 10.9. The van der Waals surface area contributed by atoms with Gasteiger partial charge in [0.2, 0.25) is 0 Å². The van der Waals surface area contributed by atoms with Crippen LogP contribution in [0.1, 0.15) is 36.3 Å². The van der Waals surface area contributed by atoms with E-state index in [1.54, 1.807) is 54.3 Å². The zero-order chi connectivity index (χ0) is 36.2. The monoisotopic (exact) mass is 727 g/mol. The number of carbonyl (C=O) groups excluding carboxylic acids is 2. The normalized spacial score (nSPS) is 18.8. The van der Waals surface area contributed by atoms with Gasteiger partial charge in [0.1, 0.15) is 12.3 Å². The molecule has 19 heteroatoms. The molecule has 1 aromatic carbocycles. The second-order valence-corrected chi connectivity index (χ2v) is 14.2. The Labute approximate surface area is 288 Å². The maximum absolute atomic E-state index is 13.6. The minimum atomic E-state index is -4.52. The molecule has 0 radical (unpaired) electrons. The van der Waals surface area contributed by atoms with Crippen molar-refractivity contribution in [3.8, 4) is 0 Å². The Kier molecular flexibility index (Phi) is 8.39. The molecule has 1 fully saturated rings. The molecule has 5 aromatic rings. The van der Waals surface area contributed by atoms with Crippen LogP contribution in [0.3, 0.4) is 0 Å². The number of aryl methyl sites for hydroxylation is 1. The topological polar surface area (TPSA) is 169 Å². The van der Waals surface area contributed by atoms with Crippen molar-refractivity contribution in [2.24, 2.45) is 5.92 Å². The van der Waals surface area contributed by atoms with Gasteiger partial charge in [0.15, 0.2) is 35.3 Å². The number of likely N-dealkylation sites (tertiary alicyclic amines) is 1. The number of rotatable bonds is 8. The van der Waals surface area contributed by atoms with E-state index in [2.05, 4.69) is 20.4 Å². The van der Waals surface area contributed by atoms with Crippen molar-refractivity contribution in [1.82, 2.24) is 38.6 Å². The van der Waals surface area contributed by atoms with E-state index in [1.165, 1.54) is 24.1 Å². The summed E-state index contributed by atoms with van der Waals surface area (Å²) in [5, 5.41) is 8.31. The summed E-state index contributed by atoms with van der Waals surface area (Å²) in [5.74, 6) is -0.507. The second-order valence-electron chi connectivity index (χ2n) is 12.3. The number of aromatic nitrogens is 5. The third kappa shape index (κ3) is 6.10. The summed E-state index contributed by atoms with van der Waals surface area (Å²) < 4.78 is 81.0. The van der Waals surface area contributed by atoms with Crippen molar-refractivity contribution in [2.45, 2.75) is 44.0 Å². The van der Waals surface area contributed by atoms with Crippen LogP contribution in [0.25, 0.3) is 22.6 Å². The fourth-order valence-corrected chi connectivity index (χ4v) is 7.99. The van der Waals surface area contributed by atoms with Crippen LogP contribution in [-0.2, 0) is 26.3 Å². The van der Waals surface area contributed by atoms with Crippen molar-refractivity contribution in [3.05, 3.63) is 77.7 Å². The van der Waals surface area contributed by atoms with Crippen LogP contribution in [0.4, 0.5) is 23.8 Å². The minimum Gasteiger partial charge on any atom is -0.470 e. The van der Waals surface area contributed by atoms with Crippen LogP contribution >= 0.6 is 0 Å². The zero-order valence-corrected chi connectivity index (χ0v) is 28.3. The minimum absolute atomic E-state index is 0.00697. The van der Waals surface area contributed by atoms with Crippen molar-refractivity contribution >= 4 is 50.3 Å². The average molecular weight is 728 g/mol. The van der Waals surface area contributed by atoms with Gasteiger partial charge in [-0.2, -0.15) is 13.2 Å². The van der Waals surface area contributed by atoms with Crippen LogP contribution in [0, 0.1) is 12.8 Å². The molecule has 6 heterocycles. The Balaban J connectivity index is 1.21. The fourth-order valence-electron chi connectivity index (χ4n) is 6.60. The largest absolute Gasteiger partial charge is 0.470 e. The van der Waals surface area contributed by atoms with E-state index in [0.29, 0.717) is 29.0 Å². The van der Waals surface area contributed by atoms with E-state index in [9.17, 15) is 31.2 Å². The molecule has 15 nitrogen and oxygen atoms in total. The van der Waals surface area contributed by atoms with Gasteiger partial charge in [0.05, 0.1) is 16.6 Å². The molecule has 268 valence electrons. The Morgan fingerprint density at radius 3 is 2.63 bits per heavy atom. The lowest BCUT2D eigenvalue weighted by atomic mass is 9.91. The number of likely N-dealkylation sites (N-methyl/N-ethyl adjacent to an activating group) is 1. The molecule has 2 atom stereocenters. The number of anilines is 1. The standard InChI is InChI=1S/C32H32F3N9O6S/c1-4-19-14-43(31(46)38-16-32(33,34)35)15-21(19)23-12-36-26-13-37-29-22(44(23)26)9-10-42(29)17-49-28-20-7-5-6-8-24(20)51(47,48)41(3)27(28)30(45)39-25-11-18(2)50-40-25/h5-13,19,21H,4,14-17H2,1-3H3,(H,38,46)(H,39,40,45)/t19-,21+/m1/s1. The number of hydrogen-bond acceptors (Lipinski definition) is 9. The first-order valence-electron chi connectivity index (χ1n) is 15.9. The summed E-state index contributed by atoms with van der Waals surface area (Å²) in [6.45, 7) is 2.50. The number of sulfonamides is 1. The Morgan fingerprint density at radius 2 is 1.90 bits per heavy atom. The summed E-state index contributed by atoms with van der Waals surface area (Å²) in [7, 11) is -2.86. The van der Waals surface area contributed by atoms with Gasteiger partial charge in [-0.25, -0.2) is 23.2 Å². The molecule has 4 aromatic heterocycles. The lowest BCUT2D eigenvalue weighted by molar-refractivity contribution is -0.123. The summed E-state index contributed by atoms with van der Waals surface area (Å²) >= 11 is 0. The van der Waals surface area contributed by atoms with E-state index < -0.39 is 34.7 Å². The number of fused-ring (bicyclic) bond motifs is 4. The second kappa shape index (κ2) is 12.6. The number of nitrogens with one attached hydrogen (secondary N) is 2. The summed E-state index contributed by atoms with van der Waals surface area (Å²) in [6, 6.07) is 8.70. The molecular formula is C32H32F3N9O6S. The summed E-state index contributed by atoms with van der Waals surface area (Å²) in [4.78, 5) is 36.7. The Hall–Kier alpha value is -5.59. The van der Waals surface area contributed by atoms with Crippen LogP contribution in [0.5, 0.6) is 0 Å². The SMILES string of the molecule is CC[C@@H]1CN(C(=O)NCC(F)(F)F)C[C@@H]1c1cnc2cnc3c(ccn3COC3=C(C(=O)Nc4cc(C)on4)N(C)S(=O)(=O)c4ccccc43)n12. The summed E-state index contributed by atoms with van der Waals surface area (Å²) in [6.07, 6.45) is 1.14. The molecule has 0 spiro atoms. The molecular weight excluding hydrogens is 695 g/mol. The number of alkyl halides is 3. The van der Waals surface area contributed by atoms with E-state index in [-0.39, 0.29) is 59.4 Å². The molecule has 3 amide bonds. The van der Waals surface area contributed by atoms with Gasteiger partial charge in [0, 0.05) is 55.8 Å². The number of hydrogen-bond donors (Lipinski definition) is 2. The van der Waals surface area contributed by atoms with Gasteiger partial charge in [-0.1, -0.05) is 30.6 Å². The third-order valence-electron chi connectivity index (χ3n) is 9.08. The van der Waals surface area contributed by atoms with Crippen LogP contribution < -0.4 is 10.6 Å². The Morgan fingerprint density at radius 1 is 1.12 bits per heavy atom. The number of imidazole rings is 1. The highest BCUT2D eigenvalue weighted by molar-refractivity contribution is 7.89. The number of urea groups is 1. The van der Waals surface area contributed by atoms with Crippen molar-refractivity contribution in [3.63, 3.8) is 0 Å². The van der Waals surface area contributed by atoms with Gasteiger partial charge in [-0.3, -0.25) is 18.1 Å². The van der Waals surface area contributed by atoms with E-state index in [4.69, 9.17) is 9.26 Å². The molecule has 1 saturated heterocycles. The molecule has 0 aliphatic carbocycles. The molecule has 51 heavy (non-hydrogen) atoms. The van der Waals surface area contributed by atoms with Crippen molar-refractivity contribution in [2.75, 3.05) is 32.0 Å². The molecule has 2 N–H and O–H groups in total. The van der Waals surface area contributed by atoms with E-state index in [0.717, 1.165) is 10.00 Å². The first-order valence-corrected chi connectivity index (χ1v) is 17.3. The average Bonchev–Trinajstić information content (AvgIpc) is 3.89. The number of benzene rings is 1.